The van der Waals surface area contributed by atoms with Crippen LogP contribution in [0.5, 0.6) is 5.75 Å². The first-order valence-electron chi connectivity index (χ1n) is 5.53. The highest BCUT2D eigenvalue weighted by atomic mass is 79.9. The van der Waals surface area contributed by atoms with E-state index in [9.17, 15) is 4.79 Å². The average molecular weight is 322 g/mol. The van der Waals surface area contributed by atoms with Gasteiger partial charge in [-0.3, -0.25) is 4.79 Å². The zero-order valence-electron chi connectivity index (χ0n) is 9.97. The number of carbonyl (C=O) groups is 1. The molecule has 1 aromatic carbocycles. The molecule has 5 nitrogen and oxygen atoms in total. The summed E-state index contributed by atoms with van der Waals surface area (Å²) in [5.74, 6) is 0.347. The van der Waals surface area contributed by atoms with Gasteiger partial charge < -0.3 is 15.8 Å². The van der Waals surface area contributed by atoms with Crippen molar-refractivity contribution in [2.24, 2.45) is 0 Å². The van der Waals surface area contributed by atoms with E-state index in [0.29, 0.717) is 21.7 Å². The third kappa shape index (κ3) is 4.26. The molecule has 0 unspecified atom stereocenters. The van der Waals surface area contributed by atoms with Gasteiger partial charge in [0.25, 0.3) is 5.91 Å². The summed E-state index contributed by atoms with van der Waals surface area (Å²) in [6.45, 7) is -0.0695. The van der Waals surface area contributed by atoms with Gasteiger partial charge in [-0.05, 0) is 52.3 Å². The van der Waals surface area contributed by atoms with Gasteiger partial charge in [0.05, 0.1) is 11.9 Å². The predicted molar refractivity (Wildman–Crippen MR) is 76.9 cm³/mol. The minimum absolute atomic E-state index is 0.0695. The number of nitrogens with two attached hydrogens (primary N) is 1. The second kappa shape index (κ2) is 6.19. The van der Waals surface area contributed by atoms with E-state index in [1.165, 1.54) is 0 Å². The summed E-state index contributed by atoms with van der Waals surface area (Å²) >= 11 is 3.22. The highest BCUT2D eigenvalue weighted by Gasteiger charge is 2.04. The molecule has 0 saturated heterocycles. The molecule has 0 spiro atoms. The Hall–Kier alpha value is -2.08. The van der Waals surface area contributed by atoms with Crippen molar-refractivity contribution in [1.82, 2.24) is 4.98 Å². The van der Waals surface area contributed by atoms with Crippen molar-refractivity contribution >= 4 is 33.2 Å². The minimum Gasteiger partial charge on any atom is -0.484 e. The summed E-state index contributed by atoms with van der Waals surface area (Å²) in [5.41, 5.74) is 6.82. The second-order valence-electron chi connectivity index (χ2n) is 3.78. The SMILES string of the molecule is Nc1ccc(OCC(=O)Nc2ccc(Br)nc2)cc1. The number of benzene rings is 1. The van der Waals surface area contributed by atoms with Crippen molar-refractivity contribution < 1.29 is 9.53 Å². The number of hydrogen-bond acceptors (Lipinski definition) is 4. The van der Waals surface area contributed by atoms with Gasteiger partial charge in [0.15, 0.2) is 6.61 Å². The molecule has 0 fully saturated rings. The number of pyridine rings is 1. The van der Waals surface area contributed by atoms with Crippen LogP contribution in [-0.4, -0.2) is 17.5 Å². The number of carbonyl (C=O) groups excluding carboxylic acids is 1. The predicted octanol–water partition coefficient (Wildman–Crippen LogP) is 2.44. The number of nitrogens with one attached hydrogen (secondary N) is 1. The zero-order chi connectivity index (χ0) is 13.7. The van der Waals surface area contributed by atoms with Crippen LogP contribution < -0.4 is 15.8 Å². The number of amides is 1. The van der Waals surface area contributed by atoms with Crippen LogP contribution in [0.25, 0.3) is 0 Å². The van der Waals surface area contributed by atoms with E-state index in [2.05, 4.69) is 26.2 Å². The van der Waals surface area contributed by atoms with E-state index < -0.39 is 0 Å². The second-order valence-corrected chi connectivity index (χ2v) is 4.59. The standard InChI is InChI=1S/C13H12BrN3O2/c14-12-6-3-10(7-16-12)17-13(18)8-19-11-4-1-9(15)2-5-11/h1-7H,8,15H2,(H,17,18). The first-order chi connectivity index (χ1) is 9.13. The lowest BCUT2D eigenvalue weighted by atomic mass is 10.3. The largest absolute Gasteiger partial charge is 0.484 e. The van der Waals surface area contributed by atoms with Gasteiger partial charge in [-0.2, -0.15) is 0 Å². The summed E-state index contributed by atoms with van der Waals surface area (Å²) in [6, 6.07) is 10.3. The van der Waals surface area contributed by atoms with E-state index in [4.69, 9.17) is 10.5 Å². The fourth-order valence-electron chi connectivity index (χ4n) is 1.36. The lowest BCUT2D eigenvalue weighted by molar-refractivity contribution is -0.118. The molecule has 2 aromatic rings. The van der Waals surface area contributed by atoms with Crippen molar-refractivity contribution in [3.63, 3.8) is 0 Å². The van der Waals surface area contributed by atoms with E-state index >= 15 is 0 Å². The Labute approximate surface area is 118 Å². The lowest BCUT2D eigenvalue weighted by Gasteiger charge is -2.07. The maximum Gasteiger partial charge on any atom is 0.262 e. The molecule has 2 rings (SSSR count). The molecule has 0 radical (unpaired) electrons. The molecule has 1 amide bonds. The first-order valence-corrected chi connectivity index (χ1v) is 6.32. The van der Waals surface area contributed by atoms with Crippen LogP contribution in [0, 0.1) is 0 Å². The molecule has 98 valence electrons. The van der Waals surface area contributed by atoms with Crippen LogP contribution in [0.1, 0.15) is 0 Å². The summed E-state index contributed by atoms with van der Waals surface area (Å²) in [5, 5.41) is 2.68. The van der Waals surface area contributed by atoms with Crippen LogP contribution >= 0.6 is 15.9 Å². The third-order valence-electron chi connectivity index (χ3n) is 2.26. The Kier molecular flexibility index (Phi) is 4.35. The Morgan fingerprint density at radius 2 is 2.00 bits per heavy atom. The van der Waals surface area contributed by atoms with Crippen molar-refractivity contribution in [2.45, 2.75) is 0 Å². The van der Waals surface area contributed by atoms with Crippen LogP contribution in [0.2, 0.25) is 0 Å². The number of aromatic nitrogens is 1. The van der Waals surface area contributed by atoms with Gasteiger partial charge in [0.1, 0.15) is 10.4 Å². The third-order valence-corrected chi connectivity index (χ3v) is 2.73. The fraction of sp³-hybridized carbons (Fsp3) is 0.0769. The van der Waals surface area contributed by atoms with E-state index in [-0.39, 0.29) is 12.5 Å². The number of ether oxygens (including phenoxy) is 1. The summed E-state index contributed by atoms with van der Waals surface area (Å²) in [4.78, 5) is 15.6. The quantitative estimate of drug-likeness (QED) is 0.669. The Morgan fingerprint density at radius 1 is 1.26 bits per heavy atom. The highest BCUT2D eigenvalue weighted by molar-refractivity contribution is 9.10. The molecule has 0 atom stereocenters. The van der Waals surface area contributed by atoms with Gasteiger partial charge in [-0.1, -0.05) is 0 Å². The zero-order valence-corrected chi connectivity index (χ0v) is 11.6. The Balaban J connectivity index is 1.84. The molecular weight excluding hydrogens is 310 g/mol. The normalized spacial score (nSPS) is 9.95. The number of rotatable bonds is 4. The van der Waals surface area contributed by atoms with Gasteiger partial charge in [-0.25, -0.2) is 4.98 Å². The average Bonchev–Trinajstić information content (AvgIpc) is 2.41. The smallest absolute Gasteiger partial charge is 0.262 e. The van der Waals surface area contributed by atoms with E-state index in [1.807, 2.05) is 0 Å². The Bertz CT molecular complexity index is 555. The van der Waals surface area contributed by atoms with Crippen molar-refractivity contribution in [2.75, 3.05) is 17.7 Å². The molecule has 6 heteroatoms. The summed E-state index contributed by atoms with van der Waals surface area (Å²) < 4.78 is 6.03. The molecule has 0 aliphatic rings. The molecule has 0 aliphatic carbocycles. The van der Waals surface area contributed by atoms with E-state index in [0.717, 1.165) is 0 Å². The van der Waals surface area contributed by atoms with Crippen molar-refractivity contribution in [3.8, 4) is 5.75 Å². The highest BCUT2D eigenvalue weighted by Crippen LogP contribution is 2.13. The maximum absolute atomic E-state index is 11.6. The molecule has 0 bridgehead atoms. The number of hydrogen-bond donors (Lipinski definition) is 2. The number of anilines is 2. The molecule has 0 aliphatic heterocycles. The molecule has 19 heavy (non-hydrogen) atoms. The number of nitrogen functional groups attached to an aromatic ring is 1. The van der Waals surface area contributed by atoms with Crippen molar-refractivity contribution in [3.05, 3.63) is 47.2 Å². The summed E-state index contributed by atoms with van der Waals surface area (Å²) in [6.07, 6.45) is 1.56. The van der Waals surface area contributed by atoms with Gasteiger partial charge in [0.2, 0.25) is 0 Å². The fourth-order valence-corrected chi connectivity index (χ4v) is 1.59. The van der Waals surface area contributed by atoms with Gasteiger partial charge in [-0.15, -0.1) is 0 Å². The molecular formula is C13H12BrN3O2. The minimum atomic E-state index is -0.249. The molecule has 1 heterocycles. The summed E-state index contributed by atoms with van der Waals surface area (Å²) in [7, 11) is 0. The molecule has 0 saturated carbocycles. The molecule has 1 aromatic heterocycles. The number of halogens is 1. The van der Waals surface area contributed by atoms with Crippen molar-refractivity contribution in [1.29, 1.82) is 0 Å². The first kappa shape index (κ1) is 13.4. The maximum atomic E-state index is 11.6. The number of nitrogens with zero attached hydrogens (tertiary/aromatic N) is 1. The van der Waals surface area contributed by atoms with Crippen LogP contribution in [0.4, 0.5) is 11.4 Å². The van der Waals surface area contributed by atoms with Crippen LogP contribution in [-0.2, 0) is 4.79 Å². The van der Waals surface area contributed by atoms with Gasteiger partial charge in [0, 0.05) is 5.69 Å². The van der Waals surface area contributed by atoms with Crippen LogP contribution in [0.3, 0.4) is 0 Å². The molecule has 3 N–H and O–H groups in total. The van der Waals surface area contributed by atoms with Gasteiger partial charge >= 0.3 is 0 Å². The van der Waals surface area contributed by atoms with Crippen LogP contribution in [0.15, 0.2) is 47.2 Å². The monoisotopic (exact) mass is 321 g/mol. The van der Waals surface area contributed by atoms with E-state index in [1.54, 1.807) is 42.6 Å². The topological polar surface area (TPSA) is 77.2 Å². The Morgan fingerprint density at radius 3 is 2.63 bits per heavy atom. The lowest BCUT2D eigenvalue weighted by Crippen LogP contribution is -2.20.